The van der Waals surface area contributed by atoms with Crippen LogP contribution in [0.4, 0.5) is 17.3 Å². The Balaban J connectivity index is 0.00000101. The van der Waals surface area contributed by atoms with Crippen LogP contribution < -0.4 is 4.90 Å². The summed E-state index contributed by atoms with van der Waals surface area (Å²) < 4.78 is 39.0. The van der Waals surface area contributed by atoms with E-state index in [0.29, 0.717) is 0 Å². The Morgan fingerprint density at radius 1 is 0.880 bits per heavy atom. The molecule has 2 nitrogen and oxygen atoms in total. The van der Waals surface area contributed by atoms with E-state index >= 15 is 0 Å². The van der Waals surface area contributed by atoms with Gasteiger partial charge in [-0.25, -0.2) is 4.99 Å². The van der Waals surface area contributed by atoms with Gasteiger partial charge in [-0.3, -0.25) is 4.90 Å². The van der Waals surface area contributed by atoms with Gasteiger partial charge in [0.15, 0.2) is 6.34 Å². The first-order valence-corrected chi connectivity index (χ1v) is 9.75. The van der Waals surface area contributed by atoms with E-state index in [-0.39, 0.29) is 0 Å². The highest BCUT2D eigenvalue weighted by atomic mass is 19.5. The van der Waals surface area contributed by atoms with E-state index in [4.69, 9.17) is 0 Å². The van der Waals surface area contributed by atoms with Crippen molar-refractivity contribution in [1.29, 1.82) is 0 Å². The number of hydrogen-bond donors (Lipinski definition) is 1. The largest absolute Gasteiger partial charge is 0.673 e. The molecule has 1 rings (SSSR count). The van der Waals surface area contributed by atoms with Gasteiger partial charge in [0, 0.05) is 0 Å². The summed E-state index contributed by atoms with van der Waals surface area (Å²) in [6, 6.07) is 0. The lowest BCUT2D eigenvalue weighted by molar-refractivity contribution is -0.737. The third-order valence-corrected chi connectivity index (χ3v) is 4.34. The van der Waals surface area contributed by atoms with E-state index in [9.17, 15) is 17.3 Å². The van der Waals surface area contributed by atoms with Crippen LogP contribution in [0.1, 0.15) is 84.5 Å². The second-order valence-electron chi connectivity index (χ2n) is 6.92. The lowest BCUT2D eigenvalue weighted by atomic mass is 9.98. The van der Waals surface area contributed by atoms with E-state index in [1.54, 1.807) is 0 Å². The minimum atomic E-state index is -6.00. The van der Waals surface area contributed by atoms with Crippen molar-refractivity contribution < 1.29 is 22.2 Å². The first-order valence-electron chi connectivity index (χ1n) is 9.75. The number of nitrogens with zero attached hydrogens (tertiary/aromatic N) is 1. The maximum absolute atomic E-state index is 9.75. The summed E-state index contributed by atoms with van der Waals surface area (Å²) in [5, 5.41) is 0. The Morgan fingerprint density at radius 3 is 1.88 bits per heavy atom. The predicted molar refractivity (Wildman–Crippen MR) is 99.3 cm³/mol. The van der Waals surface area contributed by atoms with Crippen molar-refractivity contribution in [3.05, 3.63) is 12.4 Å². The molecule has 0 saturated carbocycles. The van der Waals surface area contributed by atoms with Crippen LogP contribution >= 0.6 is 0 Å². The molecule has 0 aromatic carbocycles. The number of aliphatic imine (C=N–C) groups is 1. The molecule has 0 spiro atoms. The van der Waals surface area contributed by atoms with Gasteiger partial charge in [-0.2, -0.15) is 0 Å². The summed E-state index contributed by atoms with van der Waals surface area (Å²) in [6.45, 7) is 5.90. The Kier molecular flexibility index (Phi) is 14.9. The standard InChI is InChI=1S/C18H34N2.BF4/c1-3-4-5-6-7-8-9-10-11-12-18(2)13-15-20-16-14-19-17-20;2-1(3,4)5/h14,16-18H,3-13,15H2,1-2H3;/q;-1/p+1. The first kappa shape index (κ1) is 24.2. The van der Waals surface area contributed by atoms with Gasteiger partial charge in [0.2, 0.25) is 0 Å². The highest BCUT2D eigenvalue weighted by Crippen LogP contribution is 2.15. The molecule has 0 aromatic heterocycles. The van der Waals surface area contributed by atoms with E-state index < -0.39 is 7.25 Å². The van der Waals surface area contributed by atoms with Crippen molar-refractivity contribution in [3.63, 3.8) is 0 Å². The predicted octanol–water partition coefficient (Wildman–Crippen LogP) is 5.63. The molecule has 7 heteroatoms. The monoisotopic (exact) mass is 366 g/mol. The number of rotatable bonds is 13. The Hall–Kier alpha value is -0.845. The van der Waals surface area contributed by atoms with Gasteiger partial charge in [-0.1, -0.05) is 78.1 Å². The van der Waals surface area contributed by atoms with Gasteiger partial charge < -0.3 is 17.3 Å². The average molecular weight is 366 g/mol. The zero-order valence-electron chi connectivity index (χ0n) is 15.8. The molecule has 1 aliphatic heterocycles. The van der Waals surface area contributed by atoms with Gasteiger partial charge in [-0.05, 0) is 12.3 Å². The molecule has 0 aromatic rings. The second-order valence-corrected chi connectivity index (χ2v) is 6.92. The van der Waals surface area contributed by atoms with Crippen molar-refractivity contribution in [2.45, 2.75) is 84.5 Å². The second kappa shape index (κ2) is 15.4. The number of nitrogens with one attached hydrogen (secondary N) is 1. The summed E-state index contributed by atoms with van der Waals surface area (Å²) in [4.78, 5) is 5.53. The third-order valence-electron chi connectivity index (χ3n) is 4.34. The molecular weight excluding hydrogens is 331 g/mol. The maximum atomic E-state index is 9.75. The Morgan fingerprint density at radius 2 is 1.40 bits per heavy atom. The molecule has 1 aliphatic rings. The van der Waals surface area contributed by atoms with Gasteiger partial charge in [0.05, 0.1) is 12.7 Å². The average Bonchev–Trinajstić information content (AvgIpc) is 3.03. The fourth-order valence-corrected chi connectivity index (χ4v) is 2.83. The summed E-state index contributed by atoms with van der Waals surface area (Å²) in [6.07, 6.45) is 21.7. The van der Waals surface area contributed by atoms with Crippen LogP contribution in [-0.4, -0.2) is 20.1 Å². The lowest BCUT2D eigenvalue weighted by Gasteiger charge is -2.12. The molecule has 0 saturated heterocycles. The molecule has 2 atom stereocenters. The summed E-state index contributed by atoms with van der Waals surface area (Å²) >= 11 is 0. The Bertz CT molecular complexity index is 341. The zero-order valence-corrected chi connectivity index (χ0v) is 15.8. The minimum Gasteiger partial charge on any atom is -0.418 e. The molecule has 1 N–H and O–H groups in total. The van der Waals surface area contributed by atoms with Crippen LogP contribution in [0.3, 0.4) is 0 Å². The SMILES string of the molecule is CCCCCCCCCCCC(C)CC[NH+]1C=CN=C1.F[B-](F)(F)F. The van der Waals surface area contributed by atoms with Crippen molar-refractivity contribution in [2.75, 3.05) is 6.54 Å². The van der Waals surface area contributed by atoms with E-state index in [1.165, 1.54) is 82.1 Å². The summed E-state index contributed by atoms with van der Waals surface area (Å²) in [5.41, 5.74) is 0. The highest BCUT2D eigenvalue weighted by molar-refractivity contribution is 6.50. The normalized spacial score (nSPS) is 17.4. The molecular formula is C18H35BF4N2. The fourth-order valence-electron chi connectivity index (χ4n) is 2.83. The Labute approximate surface area is 150 Å². The number of quaternary nitrogens is 1. The van der Waals surface area contributed by atoms with Crippen molar-refractivity contribution >= 4 is 13.6 Å². The quantitative estimate of drug-likeness (QED) is 0.247. The summed E-state index contributed by atoms with van der Waals surface area (Å²) in [7, 11) is -6.00. The minimum absolute atomic E-state index is 0.870. The van der Waals surface area contributed by atoms with Crippen LogP contribution in [0, 0.1) is 5.92 Å². The number of unbranched alkanes of at least 4 members (excludes halogenated alkanes) is 8. The molecule has 0 bridgehead atoms. The molecule has 0 radical (unpaired) electrons. The van der Waals surface area contributed by atoms with Crippen LogP contribution in [0.25, 0.3) is 0 Å². The molecule has 0 aliphatic carbocycles. The fraction of sp³-hybridized carbons (Fsp3) is 0.833. The van der Waals surface area contributed by atoms with Crippen LogP contribution in [0.15, 0.2) is 17.4 Å². The topological polar surface area (TPSA) is 16.8 Å². The lowest BCUT2D eigenvalue weighted by Crippen LogP contribution is -3.05. The van der Waals surface area contributed by atoms with Gasteiger partial charge in [0.1, 0.15) is 6.20 Å². The molecule has 1 heterocycles. The van der Waals surface area contributed by atoms with Crippen LogP contribution in [-0.2, 0) is 0 Å². The van der Waals surface area contributed by atoms with Crippen molar-refractivity contribution in [2.24, 2.45) is 10.9 Å². The molecule has 0 amide bonds. The van der Waals surface area contributed by atoms with E-state index in [2.05, 4.69) is 25.0 Å². The van der Waals surface area contributed by atoms with E-state index in [0.717, 1.165) is 5.92 Å². The van der Waals surface area contributed by atoms with Crippen LogP contribution in [0.2, 0.25) is 0 Å². The maximum Gasteiger partial charge on any atom is 0.673 e. The smallest absolute Gasteiger partial charge is 0.418 e. The van der Waals surface area contributed by atoms with Crippen LogP contribution in [0.5, 0.6) is 0 Å². The van der Waals surface area contributed by atoms with E-state index in [1.807, 2.05) is 12.5 Å². The van der Waals surface area contributed by atoms with Gasteiger partial charge in [-0.15, -0.1) is 0 Å². The molecule has 148 valence electrons. The van der Waals surface area contributed by atoms with Crippen molar-refractivity contribution in [1.82, 2.24) is 0 Å². The number of halogens is 4. The molecule has 0 fully saturated rings. The first-order chi connectivity index (χ1) is 11.8. The number of hydrogen-bond acceptors (Lipinski definition) is 1. The zero-order chi connectivity index (χ0) is 19.0. The highest BCUT2D eigenvalue weighted by Gasteiger charge is 2.20. The molecule has 2 unspecified atom stereocenters. The van der Waals surface area contributed by atoms with Crippen molar-refractivity contribution in [3.8, 4) is 0 Å². The van der Waals surface area contributed by atoms with Gasteiger partial charge >= 0.3 is 7.25 Å². The van der Waals surface area contributed by atoms with Gasteiger partial charge in [0.25, 0.3) is 0 Å². The third kappa shape index (κ3) is 21.1. The molecule has 25 heavy (non-hydrogen) atoms. The summed E-state index contributed by atoms with van der Waals surface area (Å²) in [5.74, 6) is 0.870.